The number of rotatable bonds is 5. The summed E-state index contributed by atoms with van der Waals surface area (Å²) >= 11 is 0. The van der Waals surface area contributed by atoms with Crippen LogP contribution in [0, 0.1) is 6.92 Å². The van der Waals surface area contributed by atoms with Gasteiger partial charge >= 0.3 is 0 Å². The molecule has 1 aliphatic rings. The molecule has 0 spiro atoms. The molecule has 1 fully saturated rings. The predicted molar refractivity (Wildman–Crippen MR) is 81.9 cm³/mol. The van der Waals surface area contributed by atoms with Crippen LogP contribution in [0.4, 0.5) is 0 Å². The van der Waals surface area contributed by atoms with E-state index < -0.39 is 0 Å². The van der Waals surface area contributed by atoms with E-state index >= 15 is 0 Å². The standard InChI is InChI=1S/C16H27N3O/c1-5-16(3,19-8-10-20-11-9-19)15(17-4)14-12-18-7-6-13(14)2/h6-7,12,15,17H,5,8-11H2,1-4H3. The zero-order chi connectivity index (χ0) is 14.6. The maximum absolute atomic E-state index is 5.51. The van der Waals surface area contributed by atoms with Crippen molar-refractivity contribution in [2.75, 3.05) is 33.4 Å². The molecule has 0 bridgehead atoms. The number of aromatic nitrogens is 1. The topological polar surface area (TPSA) is 37.4 Å². The number of aryl methyl sites for hydroxylation is 1. The van der Waals surface area contributed by atoms with E-state index in [-0.39, 0.29) is 11.6 Å². The molecule has 1 N–H and O–H groups in total. The molecular formula is C16H27N3O. The minimum atomic E-state index is 0.0757. The molecule has 0 radical (unpaired) electrons. The van der Waals surface area contributed by atoms with Crippen molar-refractivity contribution in [2.24, 2.45) is 0 Å². The molecule has 112 valence electrons. The quantitative estimate of drug-likeness (QED) is 0.895. The summed E-state index contributed by atoms with van der Waals surface area (Å²) in [6.45, 7) is 10.5. The Morgan fingerprint density at radius 1 is 1.45 bits per heavy atom. The van der Waals surface area contributed by atoms with Crippen molar-refractivity contribution in [2.45, 2.75) is 38.8 Å². The maximum atomic E-state index is 5.51. The molecule has 0 aliphatic carbocycles. The fourth-order valence-corrected chi connectivity index (χ4v) is 3.26. The summed E-state index contributed by atoms with van der Waals surface area (Å²) in [5.41, 5.74) is 2.67. The number of hydrogen-bond donors (Lipinski definition) is 1. The van der Waals surface area contributed by atoms with Crippen molar-refractivity contribution >= 4 is 0 Å². The van der Waals surface area contributed by atoms with Crippen LogP contribution in [0.15, 0.2) is 18.5 Å². The average molecular weight is 277 g/mol. The second-order valence-corrected chi connectivity index (χ2v) is 5.76. The van der Waals surface area contributed by atoms with Crippen LogP contribution in [-0.4, -0.2) is 48.8 Å². The normalized spacial score (nSPS) is 21.4. The molecular weight excluding hydrogens is 250 g/mol. The Morgan fingerprint density at radius 2 is 2.15 bits per heavy atom. The number of nitrogens with zero attached hydrogens (tertiary/aromatic N) is 2. The molecule has 4 heteroatoms. The van der Waals surface area contributed by atoms with E-state index in [0.29, 0.717) is 0 Å². The van der Waals surface area contributed by atoms with Crippen molar-refractivity contribution in [1.82, 2.24) is 15.2 Å². The third kappa shape index (κ3) is 2.87. The molecule has 2 unspecified atom stereocenters. The number of ether oxygens (including phenoxy) is 1. The fourth-order valence-electron chi connectivity index (χ4n) is 3.26. The van der Waals surface area contributed by atoms with Gasteiger partial charge in [0, 0.05) is 31.0 Å². The van der Waals surface area contributed by atoms with E-state index in [1.165, 1.54) is 11.1 Å². The predicted octanol–water partition coefficient (Wildman–Crippen LogP) is 2.15. The molecule has 2 heterocycles. The van der Waals surface area contributed by atoms with Gasteiger partial charge in [0.15, 0.2) is 0 Å². The molecule has 0 saturated carbocycles. The summed E-state index contributed by atoms with van der Waals surface area (Å²) in [5, 5.41) is 3.53. The lowest BCUT2D eigenvalue weighted by atomic mass is 9.82. The van der Waals surface area contributed by atoms with Gasteiger partial charge in [-0.1, -0.05) is 6.92 Å². The zero-order valence-electron chi connectivity index (χ0n) is 13.1. The van der Waals surface area contributed by atoms with E-state index in [2.05, 4.69) is 42.0 Å². The molecule has 0 aromatic carbocycles. The second kappa shape index (κ2) is 6.66. The molecule has 1 saturated heterocycles. The molecule has 20 heavy (non-hydrogen) atoms. The van der Waals surface area contributed by atoms with Gasteiger partial charge in [-0.2, -0.15) is 0 Å². The van der Waals surface area contributed by atoms with Crippen molar-refractivity contribution in [3.05, 3.63) is 29.6 Å². The first-order valence-corrected chi connectivity index (χ1v) is 7.54. The van der Waals surface area contributed by atoms with E-state index in [1.54, 1.807) is 0 Å². The fraction of sp³-hybridized carbons (Fsp3) is 0.688. The Kier molecular flexibility index (Phi) is 5.13. The third-order valence-corrected chi connectivity index (χ3v) is 4.75. The molecule has 0 amide bonds. The van der Waals surface area contributed by atoms with Crippen molar-refractivity contribution in [3.8, 4) is 0 Å². The van der Waals surface area contributed by atoms with E-state index in [1.807, 2.05) is 19.4 Å². The first-order chi connectivity index (χ1) is 9.63. The van der Waals surface area contributed by atoms with E-state index in [0.717, 1.165) is 32.7 Å². The monoisotopic (exact) mass is 277 g/mol. The number of hydrogen-bond acceptors (Lipinski definition) is 4. The molecule has 1 aromatic rings. The van der Waals surface area contributed by atoms with Crippen molar-refractivity contribution in [1.29, 1.82) is 0 Å². The summed E-state index contributed by atoms with van der Waals surface area (Å²) in [7, 11) is 2.05. The van der Waals surface area contributed by atoms with E-state index in [9.17, 15) is 0 Å². The van der Waals surface area contributed by atoms with Gasteiger partial charge in [0.1, 0.15) is 0 Å². The smallest absolute Gasteiger partial charge is 0.0594 e. The second-order valence-electron chi connectivity index (χ2n) is 5.76. The van der Waals surface area contributed by atoms with Crippen molar-refractivity contribution in [3.63, 3.8) is 0 Å². The first-order valence-electron chi connectivity index (χ1n) is 7.54. The molecule has 2 atom stereocenters. The first kappa shape index (κ1) is 15.4. The molecule has 1 aromatic heterocycles. The number of morpholine rings is 1. The summed E-state index contributed by atoms with van der Waals surface area (Å²) in [6, 6.07) is 2.37. The number of pyridine rings is 1. The highest BCUT2D eigenvalue weighted by Crippen LogP contribution is 2.35. The van der Waals surface area contributed by atoms with E-state index in [4.69, 9.17) is 4.74 Å². The van der Waals surface area contributed by atoms with Gasteiger partial charge < -0.3 is 10.1 Å². The summed E-state index contributed by atoms with van der Waals surface area (Å²) in [5.74, 6) is 0. The number of likely N-dealkylation sites (N-methyl/N-ethyl adjacent to an activating group) is 1. The highest BCUT2D eigenvalue weighted by atomic mass is 16.5. The van der Waals surface area contributed by atoms with Crippen LogP contribution in [0.2, 0.25) is 0 Å². The third-order valence-electron chi connectivity index (χ3n) is 4.75. The minimum absolute atomic E-state index is 0.0757. The van der Waals surface area contributed by atoms with Gasteiger partial charge in [-0.3, -0.25) is 9.88 Å². The Morgan fingerprint density at radius 3 is 2.70 bits per heavy atom. The lowest BCUT2D eigenvalue weighted by Gasteiger charge is -2.48. The lowest BCUT2D eigenvalue weighted by molar-refractivity contribution is -0.0320. The van der Waals surface area contributed by atoms with Gasteiger partial charge in [0.25, 0.3) is 0 Å². The van der Waals surface area contributed by atoms with Crippen LogP contribution < -0.4 is 5.32 Å². The van der Waals surface area contributed by atoms with Crippen LogP contribution in [-0.2, 0) is 4.74 Å². The zero-order valence-corrected chi connectivity index (χ0v) is 13.1. The van der Waals surface area contributed by atoms with Crippen LogP contribution in [0.5, 0.6) is 0 Å². The SMILES string of the molecule is CCC(C)(C(NC)c1cnccc1C)N1CCOCC1. The van der Waals surface area contributed by atoms with Crippen LogP contribution in [0.1, 0.15) is 37.4 Å². The summed E-state index contributed by atoms with van der Waals surface area (Å²) in [6.07, 6.45) is 4.96. The highest BCUT2D eigenvalue weighted by molar-refractivity contribution is 5.28. The molecule has 1 aliphatic heterocycles. The van der Waals surface area contributed by atoms with Crippen molar-refractivity contribution < 1.29 is 4.74 Å². The summed E-state index contributed by atoms with van der Waals surface area (Å²) in [4.78, 5) is 6.88. The minimum Gasteiger partial charge on any atom is -0.379 e. The van der Waals surface area contributed by atoms with Gasteiger partial charge in [0.2, 0.25) is 0 Å². The van der Waals surface area contributed by atoms with Gasteiger partial charge in [0.05, 0.1) is 19.3 Å². The highest BCUT2D eigenvalue weighted by Gasteiger charge is 2.39. The van der Waals surface area contributed by atoms with Gasteiger partial charge in [-0.15, -0.1) is 0 Å². The number of nitrogens with one attached hydrogen (secondary N) is 1. The van der Waals surface area contributed by atoms with Crippen LogP contribution in [0.25, 0.3) is 0 Å². The van der Waals surface area contributed by atoms with Crippen LogP contribution >= 0.6 is 0 Å². The van der Waals surface area contributed by atoms with Crippen LogP contribution in [0.3, 0.4) is 0 Å². The lowest BCUT2D eigenvalue weighted by Crippen LogP contribution is -2.57. The Bertz CT molecular complexity index is 431. The Labute approximate surface area is 122 Å². The maximum Gasteiger partial charge on any atom is 0.0594 e. The average Bonchev–Trinajstić information content (AvgIpc) is 2.50. The van der Waals surface area contributed by atoms with Gasteiger partial charge in [-0.05, 0) is 44.5 Å². The summed E-state index contributed by atoms with van der Waals surface area (Å²) < 4.78 is 5.51. The molecule has 2 rings (SSSR count). The largest absolute Gasteiger partial charge is 0.379 e. The van der Waals surface area contributed by atoms with Gasteiger partial charge in [-0.25, -0.2) is 0 Å². The molecule has 4 nitrogen and oxygen atoms in total. The Hall–Kier alpha value is -0.970. The Balaban J connectivity index is 2.33.